The third-order valence-corrected chi connectivity index (χ3v) is 3.15. The van der Waals surface area contributed by atoms with Crippen LogP contribution in [0.15, 0.2) is 53.6 Å². The predicted molar refractivity (Wildman–Crippen MR) is 69.2 cm³/mol. The lowest BCUT2D eigenvalue weighted by Gasteiger charge is -2.27. The van der Waals surface area contributed by atoms with Crippen LogP contribution >= 0.6 is 0 Å². The summed E-state index contributed by atoms with van der Waals surface area (Å²) in [6.45, 7) is 7.52. The summed E-state index contributed by atoms with van der Waals surface area (Å²) in [5.41, 5.74) is 4.29. The molecule has 84 valence electrons. The molecule has 0 saturated heterocycles. The first-order valence-electron chi connectivity index (χ1n) is 5.88. The highest BCUT2D eigenvalue weighted by atomic mass is 15.1. The van der Waals surface area contributed by atoms with E-state index in [0.29, 0.717) is 0 Å². The number of rotatable bonds is 2. The van der Waals surface area contributed by atoms with Crippen LogP contribution in [0.25, 0.3) is 0 Å². The van der Waals surface area contributed by atoms with Gasteiger partial charge in [0.05, 0.1) is 0 Å². The molecule has 0 unspecified atom stereocenters. The molecule has 1 aliphatic rings. The standard InChI is InChI=1S/C15H19N/c1-3-15-12-16(10-9-13(15)2)11-14-7-5-4-6-8-14/h3-9H,10-12H2,1-2H3/b15-3-. The van der Waals surface area contributed by atoms with E-state index in [1.807, 2.05) is 0 Å². The number of hydrogen-bond donors (Lipinski definition) is 0. The van der Waals surface area contributed by atoms with Crippen molar-refractivity contribution >= 4 is 0 Å². The quantitative estimate of drug-likeness (QED) is 0.728. The highest BCUT2D eigenvalue weighted by molar-refractivity contribution is 5.33. The van der Waals surface area contributed by atoms with Gasteiger partial charge in [-0.2, -0.15) is 0 Å². The number of hydrogen-bond acceptors (Lipinski definition) is 1. The van der Waals surface area contributed by atoms with Crippen LogP contribution in [0, 0.1) is 0 Å². The smallest absolute Gasteiger partial charge is 0.0240 e. The van der Waals surface area contributed by atoms with Crippen LogP contribution < -0.4 is 0 Å². The van der Waals surface area contributed by atoms with Crippen LogP contribution in [0.1, 0.15) is 19.4 Å². The number of nitrogens with zero attached hydrogens (tertiary/aromatic N) is 1. The topological polar surface area (TPSA) is 3.24 Å². The lowest BCUT2D eigenvalue weighted by atomic mass is 10.0. The largest absolute Gasteiger partial charge is 0.291 e. The minimum Gasteiger partial charge on any atom is -0.291 e. The summed E-state index contributed by atoms with van der Waals surface area (Å²) < 4.78 is 0. The van der Waals surface area contributed by atoms with Crippen LogP contribution in [-0.2, 0) is 6.54 Å². The Kier molecular flexibility index (Phi) is 3.58. The molecule has 0 saturated carbocycles. The molecule has 1 heterocycles. The SMILES string of the molecule is C/C=C1/CN(Cc2ccccc2)CC=C1C. The van der Waals surface area contributed by atoms with E-state index >= 15 is 0 Å². The second-order valence-corrected chi connectivity index (χ2v) is 4.36. The van der Waals surface area contributed by atoms with Crippen molar-refractivity contribution in [3.05, 3.63) is 59.2 Å². The van der Waals surface area contributed by atoms with E-state index in [0.717, 1.165) is 19.6 Å². The lowest BCUT2D eigenvalue weighted by Crippen LogP contribution is -2.29. The molecule has 16 heavy (non-hydrogen) atoms. The van der Waals surface area contributed by atoms with E-state index in [4.69, 9.17) is 0 Å². The molecule has 1 aliphatic heterocycles. The summed E-state index contributed by atoms with van der Waals surface area (Å²) in [7, 11) is 0. The van der Waals surface area contributed by atoms with Crippen molar-refractivity contribution in [1.82, 2.24) is 4.90 Å². The Morgan fingerprint density at radius 1 is 1.25 bits per heavy atom. The van der Waals surface area contributed by atoms with Gasteiger partial charge in [-0.15, -0.1) is 0 Å². The maximum Gasteiger partial charge on any atom is 0.0240 e. The normalized spacial score (nSPS) is 19.9. The minimum absolute atomic E-state index is 1.04. The third kappa shape index (κ3) is 2.61. The van der Waals surface area contributed by atoms with Crippen molar-refractivity contribution in [1.29, 1.82) is 0 Å². The van der Waals surface area contributed by atoms with Crippen molar-refractivity contribution in [2.24, 2.45) is 0 Å². The van der Waals surface area contributed by atoms with Gasteiger partial charge >= 0.3 is 0 Å². The van der Waals surface area contributed by atoms with Crippen LogP contribution in [0.3, 0.4) is 0 Å². The molecule has 1 aromatic rings. The van der Waals surface area contributed by atoms with E-state index in [1.54, 1.807) is 0 Å². The second-order valence-electron chi connectivity index (χ2n) is 4.36. The Labute approximate surface area is 98.1 Å². The van der Waals surface area contributed by atoms with Gasteiger partial charge in [-0.05, 0) is 30.6 Å². The van der Waals surface area contributed by atoms with E-state index in [2.05, 4.69) is 61.2 Å². The molecule has 0 fully saturated rings. The lowest BCUT2D eigenvalue weighted by molar-refractivity contribution is 0.312. The van der Waals surface area contributed by atoms with Gasteiger partial charge in [-0.3, -0.25) is 4.90 Å². The second kappa shape index (κ2) is 5.13. The minimum atomic E-state index is 1.04. The molecule has 0 N–H and O–H groups in total. The summed E-state index contributed by atoms with van der Waals surface area (Å²) in [5.74, 6) is 0. The predicted octanol–water partition coefficient (Wildman–Crippen LogP) is 3.39. The zero-order valence-electron chi connectivity index (χ0n) is 10.1. The zero-order chi connectivity index (χ0) is 11.4. The summed E-state index contributed by atoms with van der Waals surface area (Å²) in [6, 6.07) is 10.7. The first-order valence-corrected chi connectivity index (χ1v) is 5.88. The maximum absolute atomic E-state index is 2.47. The van der Waals surface area contributed by atoms with Crippen LogP contribution in [-0.4, -0.2) is 18.0 Å². The van der Waals surface area contributed by atoms with Gasteiger partial charge in [-0.1, -0.05) is 42.5 Å². The Morgan fingerprint density at radius 3 is 2.69 bits per heavy atom. The fraction of sp³-hybridized carbons (Fsp3) is 0.333. The van der Waals surface area contributed by atoms with Crippen molar-refractivity contribution in [3.63, 3.8) is 0 Å². The molecule has 0 bridgehead atoms. The van der Waals surface area contributed by atoms with Gasteiger partial charge in [0.15, 0.2) is 0 Å². The van der Waals surface area contributed by atoms with Gasteiger partial charge in [0, 0.05) is 19.6 Å². The molecule has 0 atom stereocenters. The first kappa shape index (κ1) is 11.2. The summed E-state index contributed by atoms with van der Waals surface area (Å²) in [4.78, 5) is 2.47. The molecular weight excluding hydrogens is 194 g/mol. The molecule has 0 aromatic heterocycles. The van der Waals surface area contributed by atoms with E-state index < -0.39 is 0 Å². The van der Waals surface area contributed by atoms with Crippen molar-refractivity contribution in [3.8, 4) is 0 Å². The molecule has 2 rings (SSSR count). The summed E-state index contributed by atoms with van der Waals surface area (Å²) in [5, 5.41) is 0. The van der Waals surface area contributed by atoms with Crippen LogP contribution in [0.2, 0.25) is 0 Å². The fourth-order valence-corrected chi connectivity index (χ4v) is 2.11. The summed E-state index contributed by atoms with van der Waals surface area (Å²) >= 11 is 0. The third-order valence-electron chi connectivity index (χ3n) is 3.15. The molecule has 0 spiro atoms. The molecule has 0 aliphatic carbocycles. The van der Waals surface area contributed by atoms with E-state index in [-0.39, 0.29) is 0 Å². The Morgan fingerprint density at radius 2 is 2.00 bits per heavy atom. The van der Waals surface area contributed by atoms with E-state index in [9.17, 15) is 0 Å². The van der Waals surface area contributed by atoms with Gasteiger partial charge in [-0.25, -0.2) is 0 Å². The molecule has 0 amide bonds. The maximum atomic E-state index is 2.47. The van der Waals surface area contributed by atoms with Crippen LogP contribution in [0.4, 0.5) is 0 Å². The zero-order valence-corrected chi connectivity index (χ0v) is 10.1. The number of benzene rings is 1. The van der Waals surface area contributed by atoms with Gasteiger partial charge in [0.1, 0.15) is 0 Å². The average molecular weight is 213 g/mol. The molecule has 1 aromatic carbocycles. The van der Waals surface area contributed by atoms with Crippen LogP contribution in [0.5, 0.6) is 0 Å². The fourth-order valence-electron chi connectivity index (χ4n) is 2.11. The van der Waals surface area contributed by atoms with Gasteiger partial charge < -0.3 is 0 Å². The molecule has 0 radical (unpaired) electrons. The van der Waals surface area contributed by atoms with E-state index in [1.165, 1.54) is 16.7 Å². The van der Waals surface area contributed by atoms with Gasteiger partial charge in [0.25, 0.3) is 0 Å². The first-order chi connectivity index (χ1) is 7.79. The van der Waals surface area contributed by atoms with Crippen molar-refractivity contribution in [2.45, 2.75) is 20.4 Å². The van der Waals surface area contributed by atoms with Crippen molar-refractivity contribution < 1.29 is 0 Å². The van der Waals surface area contributed by atoms with Gasteiger partial charge in [0.2, 0.25) is 0 Å². The molecule has 1 nitrogen and oxygen atoms in total. The average Bonchev–Trinajstić information content (AvgIpc) is 2.33. The highest BCUT2D eigenvalue weighted by Gasteiger charge is 2.12. The highest BCUT2D eigenvalue weighted by Crippen LogP contribution is 2.18. The molecular formula is C15H19N. The Balaban J connectivity index is 2.04. The Hall–Kier alpha value is -1.34. The molecule has 1 heteroatoms. The number of allylic oxidation sites excluding steroid dienone is 1. The summed E-state index contributed by atoms with van der Waals surface area (Å²) in [6.07, 6.45) is 4.55. The monoisotopic (exact) mass is 213 g/mol. The van der Waals surface area contributed by atoms with Crippen molar-refractivity contribution in [2.75, 3.05) is 13.1 Å². The Bertz CT molecular complexity index is 401.